The van der Waals surface area contributed by atoms with E-state index in [4.69, 9.17) is 9.51 Å². The van der Waals surface area contributed by atoms with Gasteiger partial charge in [-0.3, -0.25) is 4.90 Å². The molecule has 0 radical (unpaired) electrons. The molecule has 2 aliphatic heterocycles. The third kappa shape index (κ3) is 2.60. The smallest absolute Gasteiger partial charge is 0.233 e. The molecule has 3 heterocycles. The number of hydrogen-bond acceptors (Lipinski definition) is 6. The zero-order valence-electron chi connectivity index (χ0n) is 12.7. The Balaban J connectivity index is 1.81. The van der Waals surface area contributed by atoms with Crippen LogP contribution in [0.25, 0.3) is 0 Å². The van der Waals surface area contributed by atoms with E-state index in [0.717, 1.165) is 50.9 Å². The largest absolute Gasteiger partial charge is 0.339 e. The van der Waals surface area contributed by atoms with E-state index >= 15 is 0 Å². The lowest BCUT2D eigenvalue weighted by atomic mass is 9.90. The molecule has 1 aromatic heterocycles. The lowest BCUT2D eigenvalue weighted by Crippen LogP contribution is -2.31. The molecule has 2 saturated heterocycles. The fourth-order valence-corrected chi connectivity index (χ4v) is 3.17. The molecule has 0 spiro atoms. The molecule has 1 N–H and O–H groups in total. The van der Waals surface area contributed by atoms with E-state index in [2.05, 4.69) is 41.3 Å². The second-order valence-corrected chi connectivity index (χ2v) is 6.56. The highest BCUT2D eigenvalue weighted by atomic mass is 16.5. The molecule has 6 nitrogen and oxygen atoms in total. The summed E-state index contributed by atoms with van der Waals surface area (Å²) in [5.74, 6) is 1.63. The number of hydrogen-bond donors (Lipinski definition) is 1. The maximum Gasteiger partial charge on any atom is 0.233 e. The fourth-order valence-electron chi connectivity index (χ4n) is 3.17. The van der Waals surface area contributed by atoms with Gasteiger partial charge in [-0.05, 0) is 53.5 Å². The Labute approximate surface area is 120 Å². The van der Waals surface area contributed by atoms with Crippen LogP contribution in [0.1, 0.15) is 37.5 Å². The molecule has 0 bridgehead atoms. The number of nitrogens with one attached hydrogen (secondary N) is 1. The zero-order valence-corrected chi connectivity index (χ0v) is 12.7. The molecule has 0 amide bonds. The van der Waals surface area contributed by atoms with Crippen molar-refractivity contribution in [1.82, 2.24) is 25.3 Å². The second-order valence-electron chi connectivity index (χ2n) is 6.56. The Morgan fingerprint density at radius 2 is 2.20 bits per heavy atom. The Morgan fingerprint density at radius 1 is 1.35 bits per heavy atom. The van der Waals surface area contributed by atoms with Crippen molar-refractivity contribution in [3.8, 4) is 0 Å². The summed E-state index contributed by atoms with van der Waals surface area (Å²) in [7, 11) is 4.31. The van der Waals surface area contributed by atoms with Gasteiger partial charge in [-0.15, -0.1) is 0 Å². The van der Waals surface area contributed by atoms with Gasteiger partial charge in [0.2, 0.25) is 5.89 Å². The molecular weight excluding hydrogens is 254 g/mol. The van der Waals surface area contributed by atoms with Gasteiger partial charge in [0.25, 0.3) is 0 Å². The Kier molecular flexibility index (Phi) is 3.79. The molecule has 1 aromatic rings. The molecule has 6 heteroatoms. The first-order chi connectivity index (χ1) is 9.58. The summed E-state index contributed by atoms with van der Waals surface area (Å²) in [6.07, 6.45) is 2.25. The van der Waals surface area contributed by atoms with E-state index in [0.29, 0.717) is 0 Å². The van der Waals surface area contributed by atoms with Crippen molar-refractivity contribution in [1.29, 1.82) is 0 Å². The van der Waals surface area contributed by atoms with Crippen molar-refractivity contribution in [3.05, 3.63) is 11.7 Å². The lowest BCUT2D eigenvalue weighted by Gasteiger charge is -2.24. The summed E-state index contributed by atoms with van der Waals surface area (Å²) in [6, 6.07) is 0.234. The summed E-state index contributed by atoms with van der Waals surface area (Å²) in [4.78, 5) is 9.42. The van der Waals surface area contributed by atoms with Gasteiger partial charge in [0.05, 0.1) is 11.5 Å². The fraction of sp³-hybridized carbons (Fsp3) is 0.857. The standard InChI is InChI=1S/C14H25N5O/c1-14(5-6-15-10-14)13-16-12(17-20-13)11-9-18(2)7-4-8-19(11)3/h11,15H,4-10H2,1-3H3. The van der Waals surface area contributed by atoms with Crippen molar-refractivity contribution in [2.24, 2.45) is 0 Å². The Bertz CT molecular complexity index is 454. The van der Waals surface area contributed by atoms with Crippen LogP contribution in [0.3, 0.4) is 0 Å². The first-order valence-corrected chi connectivity index (χ1v) is 7.52. The lowest BCUT2D eigenvalue weighted by molar-refractivity contribution is 0.213. The molecule has 2 unspecified atom stereocenters. The van der Waals surface area contributed by atoms with E-state index in [1.807, 2.05) is 0 Å². The molecule has 0 aliphatic carbocycles. The monoisotopic (exact) mass is 279 g/mol. The SMILES string of the molecule is CN1CCCN(C)C(c2noc(C3(C)CCNC3)n2)C1. The van der Waals surface area contributed by atoms with Crippen LogP contribution < -0.4 is 5.32 Å². The minimum atomic E-state index is 0.000449. The minimum Gasteiger partial charge on any atom is -0.339 e. The van der Waals surface area contributed by atoms with Crippen LogP contribution in [0.15, 0.2) is 4.52 Å². The van der Waals surface area contributed by atoms with Crippen LogP contribution in [-0.4, -0.2) is 66.8 Å². The topological polar surface area (TPSA) is 57.4 Å². The molecule has 2 fully saturated rings. The first-order valence-electron chi connectivity index (χ1n) is 7.52. The number of likely N-dealkylation sites (N-methyl/N-ethyl adjacent to an activating group) is 2. The Hall–Kier alpha value is -0.980. The molecule has 2 aliphatic rings. The highest BCUT2D eigenvalue weighted by molar-refractivity contribution is 5.09. The molecular formula is C14H25N5O. The normalized spacial score (nSPS) is 33.5. The maximum atomic E-state index is 5.58. The minimum absolute atomic E-state index is 0.000449. The van der Waals surface area contributed by atoms with Crippen LogP contribution in [0.4, 0.5) is 0 Å². The Morgan fingerprint density at radius 3 is 2.95 bits per heavy atom. The van der Waals surface area contributed by atoms with E-state index < -0.39 is 0 Å². The van der Waals surface area contributed by atoms with Crippen LogP contribution in [0.2, 0.25) is 0 Å². The number of nitrogens with zero attached hydrogens (tertiary/aromatic N) is 4. The van der Waals surface area contributed by atoms with Crippen LogP contribution in [-0.2, 0) is 5.41 Å². The number of aromatic nitrogens is 2. The third-order valence-electron chi connectivity index (χ3n) is 4.69. The van der Waals surface area contributed by atoms with Gasteiger partial charge >= 0.3 is 0 Å². The van der Waals surface area contributed by atoms with Crippen molar-refractivity contribution in [3.63, 3.8) is 0 Å². The van der Waals surface area contributed by atoms with Gasteiger partial charge in [-0.2, -0.15) is 4.98 Å². The van der Waals surface area contributed by atoms with Crippen molar-refractivity contribution in [2.75, 3.05) is 46.8 Å². The van der Waals surface area contributed by atoms with Crippen LogP contribution in [0, 0.1) is 0 Å². The number of rotatable bonds is 2. The zero-order chi connectivity index (χ0) is 14.2. The van der Waals surface area contributed by atoms with E-state index in [1.165, 1.54) is 6.42 Å². The molecule has 20 heavy (non-hydrogen) atoms. The summed E-state index contributed by atoms with van der Waals surface area (Å²) in [5.41, 5.74) is 0.000449. The van der Waals surface area contributed by atoms with E-state index in [-0.39, 0.29) is 11.5 Å². The second kappa shape index (κ2) is 5.42. The van der Waals surface area contributed by atoms with E-state index in [1.54, 1.807) is 0 Å². The molecule has 112 valence electrons. The summed E-state index contributed by atoms with van der Waals surface area (Å²) in [5, 5.41) is 7.65. The van der Waals surface area contributed by atoms with Gasteiger partial charge < -0.3 is 14.7 Å². The van der Waals surface area contributed by atoms with Gasteiger partial charge in [0.15, 0.2) is 5.82 Å². The third-order valence-corrected chi connectivity index (χ3v) is 4.69. The average Bonchev–Trinajstić information content (AvgIpc) is 3.02. The molecule has 3 rings (SSSR count). The van der Waals surface area contributed by atoms with Gasteiger partial charge in [-0.1, -0.05) is 5.16 Å². The van der Waals surface area contributed by atoms with Gasteiger partial charge in [0.1, 0.15) is 0 Å². The predicted octanol–water partition coefficient (Wildman–Crippen LogP) is 0.629. The molecule has 0 aromatic carbocycles. The van der Waals surface area contributed by atoms with Crippen molar-refractivity contribution >= 4 is 0 Å². The van der Waals surface area contributed by atoms with E-state index in [9.17, 15) is 0 Å². The maximum absolute atomic E-state index is 5.58. The van der Waals surface area contributed by atoms with Crippen LogP contribution in [0.5, 0.6) is 0 Å². The van der Waals surface area contributed by atoms with Crippen molar-refractivity contribution in [2.45, 2.75) is 31.2 Å². The summed E-state index contributed by atoms with van der Waals surface area (Å²) < 4.78 is 5.58. The van der Waals surface area contributed by atoms with Crippen LogP contribution >= 0.6 is 0 Å². The average molecular weight is 279 g/mol. The summed E-state index contributed by atoms with van der Waals surface area (Å²) >= 11 is 0. The molecule has 2 atom stereocenters. The highest BCUT2D eigenvalue weighted by Gasteiger charge is 2.37. The quantitative estimate of drug-likeness (QED) is 0.857. The molecule has 0 saturated carbocycles. The van der Waals surface area contributed by atoms with Gasteiger partial charge in [-0.25, -0.2) is 0 Å². The first kappa shape index (κ1) is 14.0. The highest BCUT2D eigenvalue weighted by Crippen LogP contribution is 2.30. The van der Waals surface area contributed by atoms with Crippen molar-refractivity contribution < 1.29 is 4.52 Å². The van der Waals surface area contributed by atoms with Gasteiger partial charge in [0, 0.05) is 13.1 Å². The predicted molar refractivity (Wildman–Crippen MR) is 76.6 cm³/mol. The summed E-state index contributed by atoms with van der Waals surface area (Å²) in [6.45, 7) is 7.33.